The molecule has 114 valence electrons. The van der Waals surface area contributed by atoms with Gasteiger partial charge in [-0.3, -0.25) is 0 Å². The minimum Gasteiger partial charge on any atom is -0.0914 e. The fraction of sp³-hybridized carbons (Fsp3) is 0.889. The summed E-state index contributed by atoms with van der Waals surface area (Å²) in [5.74, 6) is 2.48. The maximum atomic E-state index is 2.37. The van der Waals surface area contributed by atoms with Gasteiger partial charge in [-0.15, -0.1) is 0 Å². The molecular formula is C18H42. The van der Waals surface area contributed by atoms with Crippen molar-refractivity contribution in [3.8, 4) is 0 Å². The Morgan fingerprint density at radius 3 is 1.44 bits per heavy atom. The molecule has 0 aliphatic rings. The molecule has 0 aliphatic heterocycles. The van der Waals surface area contributed by atoms with Crippen LogP contribution in [0.1, 0.15) is 89.0 Å². The topological polar surface area (TPSA) is 0 Å². The van der Waals surface area contributed by atoms with Crippen molar-refractivity contribution in [3.05, 3.63) is 12.2 Å². The average molecular weight is 259 g/mol. The van der Waals surface area contributed by atoms with Crippen LogP contribution < -0.4 is 0 Å². The van der Waals surface area contributed by atoms with Gasteiger partial charge in [0.25, 0.3) is 0 Å². The van der Waals surface area contributed by atoms with E-state index in [-0.39, 0.29) is 0 Å². The predicted octanol–water partition coefficient (Wildman–Crippen LogP) is 7.35. The van der Waals surface area contributed by atoms with Gasteiger partial charge < -0.3 is 0 Å². The highest BCUT2D eigenvalue weighted by atomic mass is 14.2. The standard InChI is InChI=1S/C12H24.3C2H6/c1-6-8-10(3)9-12(5)11(4)7-2;3*1-2/h6,8,10-12H,7,9H2,1-5H3;3*1-2H3/b8-6-;;;. The molecule has 0 aromatic rings. The zero-order valence-electron chi connectivity index (χ0n) is 15.3. The first-order chi connectivity index (χ1) is 8.61. The summed E-state index contributed by atoms with van der Waals surface area (Å²) >= 11 is 0. The molecule has 0 saturated heterocycles. The van der Waals surface area contributed by atoms with Gasteiger partial charge in [-0.1, -0.05) is 87.8 Å². The lowest BCUT2D eigenvalue weighted by molar-refractivity contribution is 0.328. The first kappa shape index (κ1) is 26.3. The van der Waals surface area contributed by atoms with Gasteiger partial charge in [-0.25, -0.2) is 0 Å². The van der Waals surface area contributed by atoms with Gasteiger partial charge in [0.2, 0.25) is 0 Å². The summed E-state index contributed by atoms with van der Waals surface area (Å²) in [4.78, 5) is 0. The molecule has 0 aliphatic carbocycles. The zero-order valence-corrected chi connectivity index (χ0v) is 15.3. The van der Waals surface area contributed by atoms with Crippen molar-refractivity contribution < 1.29 is 0 Å². The van der Waals surface area contributed by atoms with Crippen molar-refractivity contribution in [1.29, 1.82) is 0 Å². The Hall–Kier alpha value is -0.260. The largest absolute Gasteiger partial charge is 0.0914 e. The van der Waals surface area contributed by atoms with Gasteiger partial charge in [0.1, 0.15) is 0 Å². The Morgan fingerprint density at radius 1 is 0.778 bits per heavy atom. The van der Waals surface area contributed by atoms with Crippen LogP contribution in [-0.2, 0) is 0 Å². The lowest BCUT2D eigenvalue weighted by Crippen LogP contribution is -2.09. The Bertz CT molecular complexity index is 124. The number of hydrogen-bond donors (Lipinski definition) is 0. The SMILES string of the molecule is C/C=C\C(C)CC(C)C(C)CC.CC.CC.CC. The van der Waals surface area contributed by atoms with Crippen LogP contribution in [0.4, 0.5) is 0 Å². The molecule has 0 heterocycles. The maximum absolute atomic E-state index is 2.37. The molecule has 0 aromatic carbocycles. The Morgan fingerprint density at radius 2 is 1.17 bits per heavy atom. The van der Waals surface area contributed by atoms with E-state index in [1.165, 1.54) is 12.8 Å². The van der Waals surface area contributed by atoms with Crippen LogP contribution in [0.5, 0.6) is 0 Å². The van der Waals surface area contributed by atoms with E-state index in [0.29, 0.717) is 0 Å². The van der Waals surface area contributed by atoms with Crippen LogP contribution in [0.15, 0.2) is 12.2 Å². The van der Waals surface area contributed by atoms with Gasteiger partial charge in [0, 0.05) is 0 Å². The van der Waals surface area contributed by atoms with E-state index in [1.54, 1.807) is 0 Å². The highest BCUT2D eigenvalue weighted by Gasteiger charge is 2.11. The molecule has 0 amide bonds. The van der Waals surface area contributed by atoms with Gasteiger partial charge in [-0.05, 0) is 31.1 Å². The van der Waals surface area contributed by atoms with Crippen molar-refractivity contribution in [2.24, 2.45) is 17.8 Å². The van der Waals surface area contributed by atoms with Crippen LogP contribution in [-0.4, -0.2) is 0 Å². The fourth-order valence-electron chi connectivity index (χ4n) is 1.63. The molecule has 0 rings (SSSR count). The first-order valence-corrected chi connectivity index (χ1v) is 8.24. The molecule has 0 nitrogen and oxygen atoms in total. The van der Waals surface area contributed by atoms with Crippen LogP contribution in [0.2, 0.25) is 0 Å². The van der Waals surface area contributed by atoms with Gasteiger partial charge >= 0.3 is 0 Å². The molecule has 3 atom stereocenters. The monoisotopic (exact) mass is 258 g/mol. The summed E-state index contributed by atoms with van der Waals surface area (Å²) in [7, 11) is 0. The second kappa shape index (κ2) is 25.6. The third kappa shape index (κ3) is 21.1. The summed E-state index contributed by atoms with van der Waals surface area (Å²) in [5, 5.41) is 0. The summed E-state index contributed by atoms with van der Waals surface area (Å²) in [5.41, 5.74) is 0. The molecule has 0 saturated carbocycles. The summed E-state index contributed by atoms with van der Waals surface area (Å²) in [6, 6.07) is 0. The zero-order chi connectivity index (χ0) is 15.6. The predicted molar refractivity (Wildman–Crippen MR) is 91.3 cm³/mol. The van der Waals surface area contributed by atoms with Gasteiger partial charge in [-0.2, -0.15) is 0 Å². The summed E-state index contributed by atoms with van der Waals surface area (Å²) in [6.07, 6.45) is 7.11. The lowest BCUT2D eigenvalue weighted by atomic mass is 9.86. The van der Waals surface area contributed by atoms with Gasteiger partial charge in [0.05, 0.1) is 0 Å². The lowest BCUT2D eigenvalue weighted by Gasteiger charge is -2.20. The molecule has 0 bridgehead atoms. The highest BCUT2D eigenvalue weighted by molar-refractivity contribution is 4.84. The minimum absolute atomic E-state index is 0.749. The van der Waals surface area contributed by atoms with Crippen molar-refractivity contribution in [2.45, 2.75) is 89.0 Å². The third-order valence-corrected chi connectivity index (χ3v) is 2.88. The van der Waals surface area contributed by atoms with E-state index in [1.807, 2.05) is 41.5 Å². The minimum atomic E-state index is 0.749. The highest BCUT2D eigenvalue weighted by Crippen LogP contribution is 2.22. The van der Waals surface area contributed by atoms with E-state index in [2.05, 4.69) is 46.8 Å². The van der Waals surface area contributed by atoms with Gasteiger partial charge in [0.15, 0.2) is 0 Å². The van der Waals surface area contributed by atoms with Crippen LogP contribution in [0.25, 0.3) is 0 Å². The molecule has 0 N–H and O–H groups in total. The second-order valence-electron chi connectivity index (χ2n) is 4.10. The van der Waals surface area contributed by atoms with E-state index < -0.39 is 0 Å². The second-order valence-corrected chi connectivity index (χ2v) is 4.10. The maximum Gasteiger partial charge on any atom is -0.0259 e. The number of rotatable bonds is 5. The fourth-order valence-corrected chi connectivity index (χ4v) is 1.63. The van der Waals surface area contributed by atoms with E-state index in [4.69, 9.17) is 0 Å². The molecule has 0 heteroatoms. The Balaban J connectivity index is -0.000000141. The van der Waals surface area contributed by atoms with E-state index in [9.17, 15) is 0 Å². The molecule has 0 aromatic heterocycles. The van der Waals surface area contributed by atoms with Crippen LogP contribution in [0.3, 0.4) is 0 Å². The number of hydrogen-bond acceptors (Lipinski definition) is 0. The van der Waals surface area contributed by atoms with E-state index in [0.717, 1.165) is 17.8 Å². The molecule has 3 unspecified atom stereocenters. The van der Waals surface area contributed by atoms with Crippen molar-refractivity contribution in [1.82, 2.24) is 0 Å². The third-order valence-electron chi connectivity index (χ3n) is 2.88. The summed E-state index contributed by atoms with van der Waals surface area (Å²) < 4.78 is 0. The summed E-state index contributed by atoms with van der Waals surface area (Å²) in [6.45, 7) is 23.4. The smallest absolute Gasteiger partial charge is 0.0259 e. The van der Waals surface area contributed by atoms with Crippen molar-refractivity contribution in [2.75, 3.05) is 0 Å². The molecule has 0 spiro atoms. The average Bonchev–Trinajstić information content (AvgIpc) is 2.44. The molecular weight excluding hydrogens is 216 g/mol. The first-order valence-electron chi connectivity index (χ1n) is 8.24. The molecule has 18 heavy (non-hydrogen) atoms. The van der Waals surface area contributed by atoms with Crippen LogP contribution in [0, 0.1) is 17.8 Å². The van der Waals surface area contributed by atoms with Crippen LogP contribution >= 0.6 is 0 Å². The Labute approximate surface area is 119 Å². The molecule has 0 radical (unpaired) electrons. The van der Waals surface area contributed by atoms with Crippen molar-refractivity contribution in [3.63, 3.8) is 0 Å². The normalized spacial score (nSPS) is 13.9. The van der Waals surface area contributed by atoms with E-state index >= 15 is 0 Å². The number of allylic oxidation sites excluding steroid dienone is 2. The Kier molecular flexibility index (Phi) is 37.4. The quantitative estimate of drug-likeness (QED) is 0.452. The molecule has 0 fully saturated rings. The van der Waals surface area contributed by atoms with Crippen molar-refractivity contribution >= 4 is 0 Å².